The van der Waals surface area contributed by atoms with Crippen molar-refractivity contribution in [2.75, 3.05) is 11.6 Å². The molecule has 1 fully saturated rings. The Hall–Kier alpha value is -0.480. The molecule has 1 aliphatic rings. The lowest BCUT2D eigenvalue weighted by molar-refractivity contribution is 0.173. The molecule has 0 aromatic carbocycles. The van der Waals surface area contributed by atoms with Crippen molar-refractivity contribution in [2.24, 2.45) is 11.3 Å². The van der Waals surface area contributed by atoms with Crippen LogP contribution in [-0.2, 0) is 0 Å². The van der Waals surface area contributed by atoms with Crippen molar-refractivity contribution >= 4 is 29.2 Å². The van der Waals surface area contributed by atoms with Crippen LogP contribution in [-0.4, -0.2) is 22.3 Å². The Labute approximate surface area is 144 Å². The Balaban J connectivity index is 2.01. The van der Waals surface area contributed by atoms with E-state index in [0.717, 1.165) is 17.4 Å². The van der Waals surface area contributed by atoms with Crippen LogP contribution in [0.15, 0.2) is 6.33 Å². The van der Waals surface area contributed by atoms with E-state index in [1.54, 1.807) is 18.1 Å². The van der Waals surface area contributed by atoms with E-state index in [1.165, 1.54) is 25.7 Å². The van der Waals surface area contributed by atoms with Crippen molar-refractivity contribution in [3.63, 3.8) is 0 Å². The molecule has 3 nitrogen and oxygen atoms in total. The van der Waals surface area contributed by atoms with Gasteiger partial charge in [-0.15, -0.1) is 0 Å². The standard InChI is InChI=1S/C17H28ClN3S/c1-11(22-5)15-14(18)16(20-10-19-15)21-13-8-6-12(7-9-13)17(2,3)4/h10-13H,6-9H2,1-5H3,(H,19,20,21). The highest BCUT2D eigenvalue weighted by atomic mass is 35.5. The molecule has 1 aromatic rings. The minimum atomic E-state index is 0.285. The number of thioether (sulfide) groups is 1. The number of aromatic nitrogens is 2. The van der Waals surface area contributed by atoms with Crippen molar-refractivity contribution in [3.05, 3.63) is 17.0 Å². The van der Waals surface area contributed by atoms with E-state index >= 15 is 0 Å². The van der Waals surface area contributed by atoms with Crippen molar-refractivity contribution < 1.29 is 0 Å². The molecule has 0 radical (unpaired) electrons. The summed E-state index contributed by atoms with van der Waals surface area (Å²) in [7, 11) is 0. The lowest BCUT2D eigenvalue weighted by Gasteiger charge is -2.37. The summed E-state index contributed by atoms with van der Waals surface area (Å²) in [5, 5.41) is 4.52. The first-order valence-corrected chi connectivity index (χ1v) is 9.79. The van der Waals surface area contributed by atoms with Gasteiger partial charge in [-0.1, -0.05) is 32.4 Å². The van der Waals surface area contributed by atoms with Crippen LogP contribution in [0, 0.1) is 11.3 Å². The predicted octanol–water partition coefficient (Wildman–Crippen LogP) is 5.57. The highest BCUT2D eigenvalue weighted by Crippen LogP contribution is 2.39. The van der Waals surface area contributed by atoms with E-state index in [4.69, 9.17) is 11.6 Å². The van der Waals surface area contributed by atoms with Gasteiger partial charge in [0.2, 0.25) is 0 Å². The van der Waals surface area contributed by atoms with Crippen LogP contribution in [0.4, 0.5) is 5.82 Å². The molecule has 124 valence electrons. The Morgan fingerprint density at radius 2 is 1.86 bits per heavy atom. The third-order valence-electron chi connectivity index (χ3n) is 4.85. The van der Waals surface area contributed by atoms with Crippen LogP contribution in [0.2, 0.25) is 5.02 Å². The smallest absolute Gasteiger partial charge is 0.148 e. The fraction of sp³-hybridized carbons (Fsp3) is 0.765. The molecule has 0 amide bonds. The maximum Gasteiger partial charge on any atom is 0.148 e. The zero-order chi connectivity index (χ0) is 16.3. The number of rotatable bonds is 4. The minimum Gasteiger partial charge on any atom is -0.366 e. The highest BCUT2D eigenvalue weighted by Gasteiger charge is 2.30. The van der Waals surface area contributed by atoms with Crippen LogP contribution in [0.25, 0.3) is 0 Å². The molecule has 0 spiro atoms. The summed E-state index contributed by atoms with van der Waals surface area (Å²) in [6, 6.07) is 0.475. The molecular formula is C17H28ClN3S. The topological polar surface area (TPSA) is 37.8 Å². The maximum atomic E-state index is 6.50. The monoisotopic (exact) mass is 341 g/mol. The van der Waals surface area contributed by atoms with E-state index in [0.29, 0.717) is 16.5 Å². The van der Waals surface area contributed by atoms with Crippen molar-refractivity contribution in [2.45, 2.75) is 64.7 Å². The number of anilines is 1. The third kappa shape index (κ3) is 4.29. The van der Waals surface area contributed by atoms with Gasteiger partial charge in [0.05, 0.1) is 5.69 Å². The first-order valence-electron chi connectivity index (χ1n) is 8.12. The van der Waals surface area contributed by atoms with E-state index in [-0.39, 0.29) is 5.25 Å². The van der Waals surface area contributed by atoms with Crippen molar-refractivity contribution in [1.29, 1.82) is 0 Å². The zero-order valence-corrected chi connectivity index (χ0v) is 15.9. The SMILES string of the molecule is CSC(C)c1ncnc(NC2CCC(C(C)(C)C)CC2)c1Cl. The summed E-state index contributed by atoms with van der Waals surface area (Å²) < 4.78 is 0. The van der Waals surface area contributed by atoms with E-state index < -0.39 is 0 Å². The summed E-state index contributed by atoms with van der Waals surface area (Å²) in [6.45, 7) is 9.17. The summed E-state index contributed by atoms with van der Waals surface area (Å²) in [4.78, 5) is 8.70. The average Bonchev–Trinajstić information content (AvgIpc) is 2.48. The Morgan fingerprint density at radius 3 is 2.41 bits per heavy atom. The fourth-order valence-corrected chi connectivity index (χ4v) is 3.96. The van der Waals surface area contributed by atoms with Gasteiger partial charge < -0.3 is 5.32 Å². The van der Waals surface area contributed by atoms with Crippen molar-refractivity contribution in [3.8, 4) is 0 Å². The van der Waals surface area contributed by atoms with Crippen LogP contribution in [0.5, 0.6) is 0 Å². The third-order valence-corrected chi connectivity index (χ3v) is 6.15. The van der Waals surface area contributed by atoms with Gasteiger partial charge in [0.1, 0.15) is 17.2 Å². The summed E-state index contributed by atoms with van der Waals surface area (Å²) >= 11 is 8.25. The molecule has 1 aliphatic carbocycles. The molecule has 1 aromatic heterocycles. The Kier molecular flexibility index (Phi) is 6.00. The highest BCUT2D eigenvalue weighted by molar-refractivity contribution is 7.98. The normalized spacial score (nSPS) is 24.1. The molecule has 0 saturated heterocycles. The Morgan fingerprint density at radius 1 is 1.23 bits per heavy atom. The lowest BCUT2D eigenvalue weighted by Crippen LogP contribution is -2.32. The van der Waals surface area contributed by atoms with Crippen LogP contribution in [0.3, 0.4) is 0 Å². The van der Waals surface area contributed by atoms with Gasteiger partial charge in [-0.2, -0.15) is 11.8 Å². The number of halogens is 1. The molecule has 0 bridgehead atoms. The number of hydrogen-bond donors (Lipinski definition) is 1. The van der Waals surface area contributed by atoms with E-state index in [1.807, 2.05) is 0 Å². The number of nitrogens with zero attached hydrogens (tertiary/aromatic N) is 2. The van der Waals surface area contributed by atoms with Gasteiger partial charge in [0.25, 0.3) is 0 Å². The average molecular weight is 342 g/mol. The predicted molar refractivity (Wildman–Crippen MR) is 97.8 cm³/mol. The largest absolute Gasteiger partial charge is 0.366 e. The Bertz CT molecular complexity index is 493. The van der Waals surface area contributed by atoms with Crippen LogP contribution >= 0.6 is 23.4 Å². The second-order valence-corrected chi connectivity index (χ2v) is 8.91. The fourth-order valence-electron chi connectivity index (χ4n) is 3.18. The molecule has 1 saturated carbocycles. The van der Waals surface area contributed by atoms with Gasteiger partial charge in [-0.25, -0.2) is 9.97 Å². The summed E-state index contributed by atoms with van der Waals surface area (Å²) in [6.07, 6.45) is 8.63. The lowest BCUT2D eigenvalue weighted by atomic mass is 9.71. The van der Waals surface area contributed by atoms with Crippen molar-refractivity contribution in [1.82, 2.24) is 9.97 Å². The number of nitrogens with one attached hydrogen (secondary N) is 1. The van der Waals surface area contributed by atoms with Gasteiger partial charge >= 0.3 is 0 Å². The van der Waals surface area contributed by atoms with Crippen LogP contribution in [0.1, 0.15) is 64.3 Å². The van der Waals surface area contributed by atoms with E-state index in [9.17, 15) is 0 Å². The molecule has 1 atom stereocenters. The molecular weight excluding hydrogens is 314 g/mol. The number of hydrogen-bond acceptors (Lipinski definition) is 4. The first-order chi connectivity index (χ1) is 10.3. The zero-order valence-electron chi connectivity index (χ0n) is 14.3. The van der Waals surface area contributed by atoms with E-state index in [2.05, 4.69) is 49.2 Å². The molecule has 1 N–H and O–H groups in total. The van der Waals surface area contributed by atoms with Gasteiger partial charge in [0, 0.05) is 11.3 Å². The molecule has 1 heterocycles. The second kappa shape index (κ2) is 7.39. The molecule has 5 heteroatoms. The quantitative estimate of drug-likeness (QED) is 0.776. The van der Waals surface area contributed by atoms with Gasteiger partial charge in [0.15, 0.2) is 0 Å². The maximum absolute atomic E-state index is 6.50. The first kappa shape index (κ1) is 17.9. The summed E-state index contributed by atoms with van der Waals surface area (Å²) in [5.41, 5.74) is 1.34. The van der Waals surface area contributed by atoms with Gasteiger partial charge in [-0.3, -0.25) is 0 Å². The molecule has 22 heavy (non-hydrogen) atoms. The van der Waals surface area contributed by atoms with Gasteiger partial charge in [-0.05, 0) is 50.2 Å². The molecule has 2 rings (SSSR count). The van der Waals surface area contributed by atoms with Crippen LogP contribution < -0.4 is 5.32 Å². The molecule has 1 unspecified atom stereocenters. The summed E-state index contributed by atoms with van der Waals surface area (Å²) in [5.74, 6) is 1.62. The minimum absolute atomic E-state index is 0.285. The molecule has 0 aliphatic heterocycles. The second-order valence-electron chi connectivity index (χ2n) is 7.36.